The molecule has 2 aromatic carbocycles. The van der Waals surface area contributed by atoms with E-state index in [9.17, 15) is 57.3 Å². The SMILES string of the molecule is N#Cc1c(-c2ccc(NC(=O)Nc3cc(C(F)(F)F)ccc3F)cc2)ccnc1N(C(=O)[O-])N(C(=O)[O-])C(=O)[O-]. The minimum absolute atomic E-state index is 0.0397. The highest BCUT2D eigenvalue weighted by molar-refractivity contribution is 6.00. The Bertz CT molecular complexity index is 1530. The van der Waals surface area contributed by atoms with Crippen molar-refractivity contribution < 1.29 is 52.1 Å². The van der Waals surface area contributed by atoms with Gasteiger partial charge in [0.25, 0.3) is 0 Å². The molecule has 0 bridgehead atoms. The van der Waals surface area contributed by atoms with Crippen molar-refractivity contribution >= 4 is 41.5 Å². The van der Waals surface area contributed by atoms with Gasteiger partial charge in [-0.2, -0.15) is 18.4 Å². The van der Waals surface area contributed by atoms with Crippen LogP contribution in [0, 0.1) is 17.1 Å². The predicted molar refractivity (Wildman–Crippen MR) is 119 cm³/mol. The molecule has 0 spiro atoms. The highest BCUT2D eigenvalue weighted by atomic mass is 19.4. The number of hydrazine groups is 1. The van der Waals surface area contributed by atoms with E-state index < -0.39 is 69.0 Å². The maximum Gasteiger partial charge on any atom is 0.416 e. The molecule has 0 aliphatic rings. The van der Waals surface area contributed by atoms with Crippen LogP contribution in [0.4, 0.5) is 53.9 Å². The van der Waals surface area contributed by atoms with Crippen molar-refractivity contribution in [2.75, 3.05) is 15.6 Å². The molecule has 3 rings (SSSR count). The van der Waals surface area contributed by atoms with Crippen LogP contribution in [0.5, 0.6) is 0 Å². The Morgan fingerprint density at radius 1 is 0.900 bits per heavy atom. The first-order chi connectivity index (χ1) is 18.7. The van der Waals surface area contributed by atoms with Crippen molar-refractivity contribution in [1.29, 1.82) is 5.26 Å². The van der Waals surface area contributed by atoms with Crippen molar-refractivity contribution in [3.8, 4) is 17.2 Å². The number of hydrogen-bond donors (Lipinski definition) is 2. The van der Waals surface area contributed by atoms with Gasteiger partial charge in [-0.3, -0.25) is 0 Å². The van der Waals surface area contributed by atoms with E-state index in [1.807, 2.05) is 5.32 Å². The summed E-state index contributed by atoms with van der Waals surface area (Å²) in [5, 5.41) is 46.3. The second-order valence-corrected chi connectivity index (χ2v) is 7.44. The molecular formula is C23H11F4N6O7-3. The average molecular weight is 559 g/mol. The maximum atomic E-state index is 13.9. The van der Waals surface area contributed by atoms with Gasteiger partial charge in [0.1, 0.15) is 17.4 Å². The van der Waals surface area contributed by atoms with Crippen LogP contribution in [-0.2, 0) is 6.18 Å². The summed E-state index contributed by atoms with van der Waals surface area (Å²) in [6, 6.07) is 8.14. The highest BCUT2D eigenvalue weighted by Gasteiger charge is 2.31. The van der Waals surface area contributed by atoms with Crippen molar-refractivity contribution in [3.63, 3.8) is 0 Å². The molecule has 206 valence electrons. The van der Waals surface area contributed by atoms with Gasteiger partial charge in [-0.15, -0.1) is 0 Å². The monoisotopic (exact) mass is 559 g/mol. The topological polar surface area (TPSA) is 205 Å². The van der Waals surface area contributed by atoms with Crippen LogP contribution >= 0.6 is 0 Å². The number of amides is 5. The van der Waals surface area contributed by atoms with Crippen LogP contribution < -0.4 is 31.0 Å². The number of carboxylic acid groups (broad SMARTS) is 3. The van der Waals surface area contributed by atoms with Crippen LogP contribution in [0.15, 0.2) is 54.7 Å². The molecule has 0 radical (unpaired) electrons. The first-order valence-corrected chi connectivity index (χ1v) is 10.4. The van der Waals surface area contributed by atoms with Gasteiger partial charge in [0, 0.05) is 17.4 Å². The van der Waals surface area contributed by atoms with Crippen LogP contribution in [0.1, 0.15) is 11.1 Å². The smallest absolute Gasteiger partial charge is 0.416 e. The van der Waals surface area contributed by atoms with E-state index in [0.29, 0.717) is 18.2 Å². The number of halogens is 4. The number of aromatic nitrogens is 1. The number of pyridine rings is 1. The Balaban J connectivity index is 1.89. The standard InChI is InChI=1S/C23H14F4N6O7/c24-16-6-3-12(23(25,26)27)9-17(16)31-19(34)30-13-4-1-11(2-5-13)14-7-8-29-18(15(14)10-28)32(20(35)36)33(21(37)38)22(39)40/h1-9H,(H,35,36)(H,37,38)(H,39,40)(H2,30,31,34)/p-3. The van der Waals surface area contributed by atoms with E-state index >= 15 is 0 Å². The lowest BCUT2D eigenvalue weighted by Crippen LogP contribution is -2.63. The Hall–Kier alpha value is -5.92. The zero-order valence-electron chi connectivity index (χ0n) is 19.4. The molecule has 0 atom stereocenters. The fourth-order valence-electron chi connectivity index (χ4n) is 3.28. The van der Waals surface area contributed by atoms with Gasteiger partial charge in [-0.25, -0.2) is 24.2 Å². The molecule has 0 saturated heterocycles. The number of anilines is 3. The Labute approximate surface area is 220 Å². The van der Waals surface area contributed by atoms with E-state index in [-0.39, 0.29) is 16.8 Å². The molecule has 0 saturated carbocycles. The van der Waals surface area contributed by atoms with Gasteiger partial charge in [0.15, 0.2) is 24.1 Å². The number of hydrogen-bond acceptors (Lipinski definition) is 9. The summed E-state index contributed by atoms with van der Waals surface area (Å²) in [6.45, 7) is 0. The molecule has 0 unspecified atom stereocenters. The summed E-state index contributed by atoms with van der Waals surface area (Å²) in [5.41, 5.74) is -2.43. The lowest BCUT2D eigenvalue weighted by atomic mass is 10.0. The van der Waals surface area contributed by atoms with Crippen molar-refractivity contribution in [1.82, 2.24) is 9.99 Å². The van der Waals surface area contributed by atoms with Gasteiger partial charge >= 0.3 is 12.2 Å². The zero-order chi connectivity index (χ0) is 29.8. The van der Waals surface area contributed by atoms with Gasteiger partial charge in [0.05, 0.1) is 11.3 Å². The summed E-state index contributed by atoms with van der Waals surface area (Å²) >= 11 is 0. The van der Waals surface area contributed by atoms with Crippen LogP contribution in [0.2, 0.25) is 0 Å². The van der Waals surface area contributed by atoms with Gasteiger partial charge in [-0.1, -0.05) is 12.1 Å². The summed E-state index contributed by atoms with van der Waals surface area (Å²) in [7, 11) is 0. The molecular weight excluding hydrogens is 548 g/mol. The van der Waals surface area contributed by atoms with Crippen LogP contribution in [0.25, 0.3) is 11.1 Å². The quantitative estimate of drug-likeness (QED) is 0.350. The third-order valence-corrected chi connectivity index (χ3v) is 4.96. The number of carbonyl (C=O) groups is 4. The van der Waals surface area contributed by atoms with Crippen LogP contribution in [-0.4, -0.2) is 34.3 Å². The fourth-order valence-corrected chi connectivity index (χ4v) is 3.28. The fraction of sp³-hybridized carbons (Fsp3) is 0.0435. The minimum Gasteiger partial charge on any atom is -0.528 e. The van der Waals surface area contributed by atoms with E-state index in [1.165, 1.54) is 30.3 Å². The Morgan fingerprint density at radius 2 is 1.52 bits per heavy atom. The number of urea groups is 1. The number of nitriles is 1. The second kappa shape index (κ2) is 11.2. The van der Waals surface area contributed by atoms with Gasteiger partial charge < -0.3 is 40.3 Å². The zero-order valence-corrected chi connectivity index (χ0v) is 19.4. The molecule has 1 aromatic heterocycles. The lowest BCUT2D eigenvalue weighted by Gasteiger charge is -2.37. The molecule has 40 heavy (non-hydrogen) atoms. The first kappa shape index (κ1) is 28.6. The maximum absolute atomic E-state index is 13.9. The molecule has 17 heteroatoms. The molecule has 5 amide bonds. The lowest BCUT2D eigenvalue weighted by molar-refractivity contribution is -0.297. The van der Waals surface area contributed by atoms with Gasteiger partial charge in [0.2, 0.25) is 0 Å². The Morgan fingerprint density at radius 3 is 2.05 bits per heavy atom. The first-order valence-electron chi connectivity index (χ1n) is 10.4. The van der Waals surface area contributed by atoms with Crippen molar-refractivity contribution in [2.45, 2.75) is 6.18 Å². The molecule has 13 nitrogen and oxygen atoms in total. The third kappa shape index (κ3) is 6.13. The molecule has 3 aromatic rings. The van der Waals surface area contributed by atoms with Gasteiger partial charge in [-0.05, 0) is 42.0 Å². The third-order valence-electron chi connectivity index (χ3n) is 4.96. The summed E-state index contributed by atoms with van der Waals surface area (Å²) in [4.78, 5) is 49.7. The predicted octanol–water partition coefficient (Wildman–Crippen LogP) is 1.48. The van der Waals surface area contributed by atoms with E-state index in [2.05, 4.69) is 10.3 Å². The molecule has 0 aliphatic carbocycles. The van der Waals surface area contributed by atoms with Crippen molar-refractivity contribution in [3.05, 3.63) is 71.7 Å². The molecule has 2 N–H and O–H groups in total. The molecule has 0 aliphatic heterocycles. The summed E-state index contributed by atoms with van der Waals surface area (Å²) in [5.74, 6) is -2.10. The number of benzene rings is 2. The molecule has 0 fully saturated rings. The number of nitrogens with zero attached hydrogens (tertiary/aromatic N) is 4. The number of rotatable bonds is 4. The largest absolute Gasteiger partial charge is 0.528 e. The molecule has 1 heterocycles. The summed E-state index contributed by atoms with van der Waals surface area (Å²) < 4.78 is 52.5. The van der Waals surface area contributed by atoms with Crippen molar-refractivity contribution in [2.24, 2.45) is 0 Å². The van der Waals surface area contributed by atoms with E-state index in [1.54, 1.807) is 6.07 Å². The van der Waals surface area contributed by atoms with E-state index in [0.717, 1.165) is 6.20 Å². The highest BCUT2D eigenvalue weighted by Crippen LogP contribution is 2.33. The number of nitrogens with one attached hydrogen (secondary N) is 2. The minimum atomic E-state index is -4.78. The second-order valence-electron chi connectivity index (χ2n) is 7.44. The average Bonchev–Trinajstić information content (AvgIpc) is 2.87. The summed E-state index contributed by atoms with van der Waals surface area (Å²) in [6.07, 6.45) is -11.3. The van der Waals surface area contributed by atoms with E-state index in [4.69, 9.17) is 0 Å². The Kier molecular flexibility index (Phi) is 8.04. The number of imide groups is 1. The normalized spacial score (nSPS) is 10.7. The van der Waals surface area contributed by atoms with Crippen LogP contribution in [0.3, 0.4) is 0 Å². The number of carbonyl (C=O) groups excluding carboxylic acids is 4. The number of alkyl halides is 3.